The van der Waals surface area contributed by atoms with E-state index in [0.717, 1.165) is 5.56 Å². The summed E-state index contributed by atoms with van der Waals surface area (Å²) in [4.78, 5) is 10.9. The van der Waals surface area contributed by atoms with Gasteiger partial charge in [0.15, 0.2) is 0 Å². The SMILES string of the molecule is N=NNC(=O)Cc1ccccc1. The number of rotatable bonds is 3. The van der Waals surface area contributed by atoms with Crippen LogP contribution in [0.2, 0.25) is 0 Å². The highest BCUT2D eigenvalue weighted by molar-refractivity contribution is 5.77. The molecule has 0 spiro atoms. The quantitative estimate of drug-likeness (QED) is 0.511. The van der Waals surface area contributed by atoms with Crippen molar-refractivity contribution in [1.29, 1.82) is 5.53 Å². The number of carbonyl (C=O) groups excluding carboxylic acids is 1. The molecule has 0 fully saturated rings. The number of carbonyl (C=O) groups is 1. The van der Waals surface area contributed by atoms with Crippen LogP contribution in [0, 0.1) is 5.53 Å². The predicted octanol–water partition coefficient (Wildman–Crippen LogP) is 1.29. The topological polar surface area (TPSA) is 65.3 Å². The number of hydrogen-bond acceptors (Lipinski definition) is 3. The van der Waals surface area contributed by atoms with Crippen LogP contribution in [0.5, 0.6) is 0 Å². The first-order valence-corrected chi connectivity index (χ1v) is 3.52. The minimum absolute atomic E-state index is 0.267. The van der Waals surface area contributed by atoms with Gasteiger partial charge in [-0.1, -0.05) is 35.6 Å². The van der Waals surface area contributed by atoms with Gasteiger partial charge in [0.1, 0.15) is 0 Å². The van der Waals surface area contributed by atoms with Crippen LogP contribution < -0.4 is 5.43 Å². The molecule has 0 heterocycles. The second kappa shape index (κ2) is 4.23. The average molecular weight is 163 g/mol. The Labute approximate surface area is 70.1 Å². The van der Waals surface area contributed by atoms with E-state index in [0.29, 0.717) is 0 Å². The van der Waals surface area contributed by atoms with Crippen molar-refractivity contribution in [2.75, 3.05) is 0 Å². The summed E-state index contributed by atoms with van der Waals surface area (Å²) in [6.07, 6.45) is 0.267. The standard InChI is InChI=1S/C8H9N3O/c9-11-10-8(12)6-7-4-2-1-3-5-7/h1-5H,6H2,(H2,9,10,12). The zero-order chi connectivity index (χ0) is 8.81. The average Bonchev–Trinajstić information content (AvgIpc) is 2.06. The summed E-state index contributed by atoms with van der Waals surface area (Å²) in [7, 11) is 0. The fourth-order valence-electron chi connectivity index (χ4n) is 0.883. The fourth-order valence-corrected chi connectivity index (χ4v) is 0.883. The first-order chi connectivity index (χ1) is 5.83. The highest BCUT2D eigenvalue weighted by atomic mass is 16.2. The van der Waals surface area contributed by atoms with Crippen molar-refractivity contribution < 1.29 is 4.79 Å². The minimum Gasteiger partial charge on any atom is -0.273 e. The van der Waals surface area contributed by atoms with E-state index in [9.17, 15) is 4.79 Å². The maximum atomic E-state index is 10.9. The molecule has 1 amide bonds. The molecule has 0 saturated carbocycles. The van der Waals surface area contributed by atoms with Crippen LogP contribution >= 0.6 is 0 Å². The second-order valence-electron chi connectivity index (χ2n) is 2.31. The van der Waals surface area contributed by atoms with Crippen LogP contribution in [-0.2, 0) is 11.2 Å². The maximum absolute atomic E-state index is 10.9. The molecule has 1 rings (SSSR count). The summed E-state index contributed by atoms with van der Waals surface area (Å²) in [6, 6.07) is 9.31. The lowest BCUT2D eigenvalue weighted by atomic mass is 10.1. The van der Waals surface area contributed by atoms with Gasteiger partial charge in [-0.15, -0.1) is 0 Å². The van der Waals surface area contributed by atoms with Gasteiger partial charge in [-0.3, -0.25) is 4.79 Å². The van der Waals surface area contributed by atoms with Crippen molar-refractivity contribution in [2.45, 2.75) is 6.42 Å². The first-order valence-electron chi connectivity index (χ1n) is 3.52. The van der Waals surface area contributed by atoms with E-state index >= 15 is 0 Å². The molecule has 2 N–H and O–H groups in total. The Balaban J connectivity index is 2.52. The second-order valence-corrected chi connectivity index (χ2v) is 2.31. The first kappa shape index (κ1) is 8.39. The lowest BCUT2D eigenvalue weighted by molar-refractivity contribution is -0.120. The Morgan fingerprint density at radius 3 is 2.67 bits per heavy atom. The molecule has 0 atom stereocenters. The summed E-state index contributed by atoms with van der Waals surface area (Å²) in [5.41, 5.74) is 9.35. The third kappa shape index (κ3) is 2.49. The molecule has 0 aliphatic rings. The molecule has 0 aliphatic heterocycles. The van der Waals surface area contributed by atoms with Gasteiger partial charge >= 0.3 is 0 Å². The fraction of sp³-hybridized carbons (Fsp3) is 0.125. The van der Waals surface area contributed by atoms with E-state index < -0.39 is 0 Å². The van der Waals surface area contributed by atoms with Crippen molar-refractivity contribution in [3.8, 4) is 0 Å². The predicted molar refractivity (Wildman–Crippen MR) is 43.4 cm³/mol. The molecule has 0 aliphatic carbocycles. The van der Waals surface area contributed by atoms with Crippen molar-refractivity contribution in [3.63, 3.8) is 0 Å². The van der Waals surface area contributed by atoms with Crippen molar-refractivity contribution in [2.24, 2.45) is 5.22 Å². The Kier molecular flexibility index (Phi) is 2.95. The molecule has 0 unspecified atom stereocenters. The lowest BCUT2D eigenvalue weighted by Gasteiger charge is -1.97. The van der Waals surface area contributed by atoms with Crippen LogP contribution in [0.4, 0.5) is 0 Å². The summed E-state index contributed by atoms with van der Waals surface area (Å²) < 4.78 is 0. The Bertz CT molecular complexity index is 271. The molecule has 0 radical (unpaired) electrons. The highest BCUT2D eigenvalue weighted by Crippen LogP contribution is 1.98. The van der Waals surface area contributed by atoms with Gasteiger partial charge in [0, 0.05) is 0 Å². The Hall–Kier alpha value is -1.71. The Morgan fingerprint density at radius 1 is 1.42 bits per heavy atom. The number of hydrogen-bond donors (Lipinski definition) is 2. The van der Waals surface area contributed by atoms with E-state index in [2.05, 4.69) is 5.22 Å². The van der Waals surface area contributed by atoms with Gasteiger partial charge < -0.3 is 0 Å². The molecule has 62 valence electrons. The molecule has 1 aromatic carbocycles. The van der Waals surface area contributed by atoms with E-state index in [4.69, 9.17) is 5.53 Å². The molecule has 0 aromatic heterocycles. The van der Waals surface area contributed by atoms with Crippen LogP contribution in [0.3, 0.4) is 0 Å². The normalized spacial score (nSPS) is 9.00. The van der Waals surface area contributed by atoms with Crippen LogP contribution in [0.25, 0.3) is 0 Å². The third-order valence-corrected chi connectivity index (χ3v) is 1.39. The molecular formula is C8H9N3O. The van der Waals surface area contributed by atoms with E-state index in [1.165, 1.54) is 0 Å². The number of amides is 1. The van der Waals surface area contributed by atoms with Gasteiger partial charge in [0.2, 0.25) is 5.91 Å². The van der Waals surface area contributed by atoms with Crippen molar-refractivity contribution in [1.82, 2.24) is 5.43 Å². The molecule has 12 heavy (non-hydrogen) atoms. The van der Waals surface area contributed by atoms with Gasteiger partial charge in [-0.2, -0.15) is 5.53 Å². The zero-order valence-corrected chi connectivity index (χ0v) is 6.45. The van der Waals surface area contributed by atoms with Crippen LogP contribution in [0.1, 0.15) is 5.56 Å². The lowest BCUT2D eigenvalue weighted by Crippen LogP contribution is -2.18. The largest absolute Gasteiger partial charge is 0.273 e. The summed E-state index contributed by atoms with van der Waals surface area (Å²) in [5, 5.41) is 2.78. The van der Waals surface area contributed by atoms with Crippen LogP contribution in [-0.4, -0.2) is 5.91 Å². The van der Waals surface area contributed by atoms with Crippen LogP contribution in [0.15, 0.2) is 35.6 Å². The minimum atomic E-state index is -0.267. The number of benzene rings is 1. The summed E-state index contributed by atoms with van der Waals surface area (Å²) in [6.45, 7) is 0. The van der Waals surface area contributed by atoms with Gasteiger partial charge in [-0.25, -0.2) is 5.43 Å². The Morgan fingerprint density at radius 2 is 2.08 bits per heavy atom. The maximum Gasteiger partial charge on any atom is 0.245 e. The van der Waals surface area contributed by atoms with E-state index in [1.54, 1.807) is 0 Å². The molecule has 0 saturated heterocycles. The van der Waals surface area contributed by atoms with Crippen molar-refractivity contribution in [3.05, 3.63) is 35.9 Å². The smallest absolute Gasteiger partial charge is 0.245 e. The van der Waals surface area contributed by atoms with E-state index in [-0.39, 0.29) is 12.3 Å². The molecule has 1 aromatic rings. The molecule has 0 bridgehead atoms. The molecular weight excluding hydrogens is 154 g/mol. The highest BCUT2D eigenvalue weighted by Gasteiger charge is 1.99. The van der Waals surface area contributed by atoms with Gasteiger partial charge in [-0.05, 0) is 5.56 Å². The summed E-state index contributed by atoms with van der Waals surface area (Å²) >= 11 is 0. The van der Waals surface area contributed by atoms with Crippen molar-refractivity contribution >= 4 is 5.91 Å². The van der Waals surface area contributed by atoms with E-state index in [1.807, 2.05) is 35.8 Å². The number of nitrogens with zero attached hydrogens (tertiary/aromatic N) is 1. The number of nitrogens with one attached hydrogen (secondary N) is 2. The van der Waals surface area contributed by atoms with Gasteiger partial charge in [0.05, 0.1) is 6.42 Å². The zero-order valence-electron chi connectivity index (χ0n) is 6.45. The van der Waals surface area contributed by atoms with Gasteiger partial charge in [0.25, 0.3) is 0 Å². The molecule has 4 nitrogen and oxygen atoms in total. The third-order valence-electron chi connectivity index (χ3n) is 1.39. The monoisotopic (exact) mass is 163 g/mol. The molecule has 4 heteroatoms. The summed E-state index contributed by atoms with van der Waals surface area (Å²) in [5.74, 6) is -0.267.